The highest BCUT2D eigenvalue weighted by Crippen LogP contribution is 2.22. The first-order valence-corrected chi connectivity index (χ1v) is 5.29. The zero-order valence-corrected chi connectivity index (χ0v) is 9.38. The molecule has 5 heteroatoms. The number of anilines is 2. The lowest BCUT2D eigenvalue weighted by atomic mass is 10.2. The number of nitrogens with one attached hydrogen (secondary N) is 1. The van der Waals surface area contributed by atoms with Crippen molar-refractivity contribution in [1.82, 2.24) is 0 Å². The van der Waals surface area contributed by atoms with Gasteiger partial charge in [0.15, 0.2) is 11.6 Å². The molecule has 2 aromatic carbocycles. The molecule has 0 spiro atoms. The Hall–Kier alpha value is -2.17. The number of rotatable bonds is 3. The average Bonchev–Trinajstić information content (AvgIpc) is 2.27. The minimum atomic E-state index is -0.774. The highest BCUT2D eigenvalue weighted by Gasteiger charge is 2.09. The van der Waals surface area contributed by atoms with Gasteiger partial charge in [0.25, 0.3) is 0 Å². The Labute approximate surface area is 102 Å². The molecule has 0 saturated carbocycles. The number of nitrogens with two attached hydrogens (primary N) is 1. The van der Waals surface area contributed by atoms with Crippen LogP contribution in [-0.2, 0) is 6.54 Å². The first kappa shape index (κ1) is 12.3. The highest BCUT2D eigenvalue weighted by atomic mass is 19.1. The molecule has 0 aromatic heterocycles. The predicted molar refractivity (Wildman–Crippen MR) is 64.5 cm³/mol. The average molecular weight is 252 g/mol. The van der Waals surface area contributed by atoms with Crippen molar-refractivity contribution >= 4 is 11.4 Å². The third kappa shape index (κ3) is 2.74. The summed E-state index contributed by atoms with van der Waals surface area (Å²) in [6.45, 7) is 0.121. The number of hydrogen-bond acceptors (Lipinski definition) is 2. The summed E-state index contributed by atoms with van der Waals surface area (Å²) in [6, 6.07) is 7.83. The summed E-state index contributed by atoms with van der Waals surface area (Å²) in [5.74, 6) is -1.94. The van der Waals surface area contributed by atoms with E-state index < -0.39 is 17.5 Å². The van der Waals surface area contributed by atoms with E-state index in [-0.39, 0.29) is 17.9 Å². The zero-order chi connectivity index (χ0) is 13.1. The number of hydrogen-bond donors (Lipinski definition) is 2. The molecule has 0 saturated heterocycles. The molecule has 0 aliphatic heterocycles. The van der Waals surface area contributed by atoms with Crippen LogP contribution >= 0.6 is 0 Å². The highest BCUT2D eigenvalue weighted by molar-refractivity contribution is 5.54. The van der Waals surface area contributed by atoms with E-state index >= 15 is 0 Å². The van der Waals surface area contributed by atoms with Crippen LogP contribution < -0.4 is 11.1 Å². The Bertz CT molecular complexity index is 547. The van der Waals surface area contributed by atoms with Gasteiger partial charge in [-0.05, 0) is 29.8 Å². The Morgan fingerprint density at radius 3 is 2.28 bits per heavy atom. The van der Waals surface area contributed by atoms with Gasteiger partial charge in [0.2, 0.25) is 0 Å². The summed E-state index contributed by atoms with van der Waals surface area (Å²) in [6.07, 6.45) is 0. The summed E-state index contributed by atoms with van der Waals surface area (Å²) >= 11 is 0. The summed E-state index contributed by atoms with van der Waals surface area (Å²) in [4.78, 5) is 0. The van der Waals surface area contributed by atoms with Crippen LogP contribution in [0, 0.1) is 17.5 Å². The Morgan fingerprint density at radius 2 is 1.67 bits per heavy atom. The van der Waals surface area contributed by atoms with Crippen molar-refractivity contribution in [2.75, 3.05) is 11.1 Å². The lowest BCUT2D eigenvalue weighted by Gasteiger charge is -2.09. The third-order valence-electron chi connectivity index (χ3n) is 2.42. The molecule has 18 heavy (non-hydrogen) atoms. The van der Waals surface area contributed by atoms with Gasteiger partial charge >= 0.3 is 0 Å². The number of benzene rings is 2. The maximum atomic E-state index is 13.4. The Morgan fingerprint density at radius 1 is 1.00 bits per heavy atom. The molecule has 0 fully saturated rings. The Kier molecular flexibility index (Phi) is 3.41. The van der Waals surface area contributed by atoms with E-state index in [9.17, 15) is 13.2 Å². The van der Waals surface area contributed by atoms with Crippen LogP contribution in [0.2, 0.25) is 0 Å². The van der Waals surface area contributed by atoms with Crippen molar-refractivity contribution < 1.29 is 13.2 Å². The molecule has 2 aromatic rings. The number of halogens is 3. The molecular weight excluding hydrogens is 241 g/mol. The van der Waals surface area contributed by atoms with Crippen molar-refractivity contribution in [3.05, 3.63) is 59.4 Å². The van der Waals surface area contributed by atoms with E-state index in [0.29, 0.717) is 5.56 Å². The molecule has 0 amide bonds. The summed E-state index contributed by atoms with van der Waals surface area (Å²) in [7, 11) is 0. The first-order chi connectivity index (χ1) is 8.56. The van der Waals surface area contributed by atoms with E-state index in [1.54, 1.807) is 6.07 Å². The van der Waals surface area contributed by atoms with Crippen molar-refractivity contribution in [3.8, 4) is 0 Å². The SMILES string of the molecule is Nc1cc(F)c(NCc2cccc(F)c2)c(F)c1. The van der Waals surface area contributed by atoms with Gasteiger partial charge in [-0.15, -0.1) is 0 Å². The fourth-order valence-electron chi connectivity index (χ4n) is 1.60. The van der Waals surface area contributed by atoms with E-state index in [4.69, 9.17) is 5.73 Å². The second kappa shape index (κ2) is 5.00. The van der Waals surface area contributed by atoms with E-state index in [2.05, 4.69) is 5.32 Å². The van der Waals surface area contributed by atoms with Gasteiger partial charge in [-0.3, -0.25) is 0 Å². The molecule has 0 heterocycles. The van der Waals surface area contributed by atoms with Crippen molar-refractivity contribution in [1.29, 1.82) is 0 Å². The third-order valence-corrected chi connectivity index (χ3v) is 2.42. The van der Waals surface area contributed by atoms with Crippen molar-refractivity contribution in [3.63, 3.8) is 0 Å². The zero-order valence-electron chi connectivity index (χ0n) is 9.38. The maximum absolute atomic E-state index is 13.4. The van der Waals surface area contributed by atoms with Crippen LogP contribution in [-0.4, -0.2) is 0 Å². The molecule has 0 aliphatic carbocycles. The van der Waals surface area contributed by atoms with Crippen LogP contribution in [0.1, 0.15) is 5.56 Å². The van der Waals surface area contributed by atoms with Crippen LogP contribution in [0.5, 0.6) is 0 Å². The minimum absolute atomic E-state index is 0.0151. The first-order valence-electron chi connectivity index (χ1n) is 5.29. The van der Waals surface area contributed by atoms with Gasteiger partial charge in [-0.2, -0.15) is 0 Å². The summed E-state index contributed by atoms with van der Waals surface area (Å²) in [5, 5.41) is 2.58. The molecule has 0 radical (unpaired) electrons. The van der Waals surface area contributed by atoms with Gasteiger partial charge in [0.1, 0.15) is 11.5 Å². The molecule has 2 nitrogen and oxygen atoms in total. The molecule has 2 rings (SSSR count). The molecule has 0 atom stereocenters. The van der Waals surface area contributed by atoms with Gasteiger partial charge in [0, 0.05) is 12.2 Å². The van der Waals surface area contributed by atoms with Crippen molar-refractivity contribution in [2.45, 2.75) is 6.54 Å². The standard InChI is InChI=1S/C13H11F3N2/c14-9-3-1-2-8(4-9)7-18-13-11(15)5-10(17)6-12(13)16/h1-6,18H,7,17H2. The summed E-state index contributed by atoms with van der Waals surface area (Å²) in [5.41, 5.74) is 5.63. The maximum Gasteiger partial charge on any atom is 0.151 e. The monoisotopic (exact) mass is 252 g/mol. The Balaban J connectivity index is 2.16. The second-order valence-electron chi connectivity index (χ2n) is 3.84. The fourth-order valence-corrected chi connectivity index (χ4v) is 1.60. The molecule has 0 aliphatic rings. The molecule has 0 unspecified atom stereocenters. The molecule has 3 N–H and O–H groups in total. The van der Waals surface area contributed by atoms with E-state index in [1.807, 2.05) is 0 Å². The van der Waals surface area contributed by atoms with Gasteiger partial charge < -0.3 is 11.1 Å². The number of nitrogen functional groups attached to an aromatic ring is 1. The van der Waals surface area contributed by atoms with Gasteiger partial charge in [-0.1, -0.05) is 12.1 Å². The van der Waals surface area contributed by atoms with Gasteiger partial charge in [-0.25, -0.2) is 13.2 Å². The topological polar surface area (TPSA) is 38.0 Å². The quantitative estimate of drug-likeness (QED) is 0.822. The van der Waals surface area contributed by atoms with Crippen molar-refractivity contribution in [2.24, 2.45) is 0 Å². The van der Waals surface area contributed by atoms with E-state index in [1.165, 1.54) is 18.2 Å². The van der Waals surface area contributed by atoms with Gasteiger partial charge in [0.05, 0.1) is 0 Å². The van der Waals surface area contributed by atoms with Crippen LogP contribution in [0.25, 0.3) is 0 Å². The minimum Gasteiger partial charge on any atom is -0.399 e. The smallest absolute Gasteiger partial charge is 0.151 e. The normalized spacial score (nSPS) is 10.4. The lowest BCUT2D eigenvalue weighted by molar-refractivity contribution is 0.589. The van der Waals surface area contributed by atoms with Crippen LogP contribution in [0.3, 0.4) is 0 Å². The lowest BCUT2D eigenvalue weighted by Crippen LogP contribution is -2.05. The molecule has 94 valence electrons. The molecular formula is C13H11F3N2. The fraction of sp³-hybridized carbons (Fsp3) is 0.0769. The van der Waals surface area contributed by atoms with E-state index in [0.717, 1.165) is 12.1 Å². The summed E-state index contributed by atoms with van der Waals surface area (Å²) < 4.78 is 39.8. The van der Waals surface area contributed by atoms with Crippen LogP contribution in [0.15, 0.2) is 36.4 Å². The largest absolute Gasteiger partial charge is 0.399 e. The molecule has 0 bridgehead atoms. The van der Waals surface area contributed by atoms with Crippen LogP contribution in [0.4, 0.5) is 24.5 Å². The second-order valence-corrected chi connectivity index (χ2v) is 3.84. The predicted octanol–water partition coefficient (Wildman–Crippen LogP) is 3.30.